The first-order valence-electron chi connectivity index (χ1n) is 9.61. The van der Waals surface area contributed by atoms with Crippen LogP contribution in [-0.2, 0) is 17.6 Å². The first kappa shape index (κ1) is 20.8. The first-order chi connectivity index (χ1) is 13.8. The van der Waals surface area contributed by atoms with E-state index >= 15 is 0 Å². The summed E-state index contributed by atoms with van der Waals surface area (Å²) in [4.78, 5) is 31.5. The molecule has 29 heavy (non-hydrogen) atoms. The predicted molar refractivity (Wildman–Crippen MR) is 116 cm³/mol. The van der Waals surface area contributed by atoms with Crippen LogP contribution in [0.25, 0.3) is 0 Å². The van der Waals surface area contributed by atoms with Gasteiger partial charge in [0.15, 0.2) is 11.1 Å². The molecule has 9 heteroatoms. The summed E-state index contributed by atoms with van der Waals surface area (Å²) >= 11 is 1.25. The zero-order valence-electron chi connectivity index (χ0n) is 16.6. The number of nitrogens with zero attached hydrogens (tertiary/aromatic N) is 2. The number of benzene rings is 1. The number of hydrogen-bond donors (Lipinski definition) is 4. The molecule has 154 valence electrons. The molecule has 0 radical (unpaired) electrons. The van der Waals surface area contributed by atoms with Crippen LogP contribution in [0, 0.1) is 5.41 Å². The van der Waals surface area contributed by atoms with Crippen LogP contribution >= 0.6 is 11.3 Å². The second-order valence-electron chi connectivity index (χ2n) is 7.20. The fraction of sp³-hybridized carbons (Fsp3) is 0.400. The molecule has 1 aliphatic rings. The minimum absolute atomic E-state index is 0.000100. The quantitative estimate of drug-likeness (QED) is 0.427. The fourth-order valence-electron chi connectivity index (χ4n) is 3.43. The van der Waals surface area contributed by atoms with Crippen molar-refractivity contribution >= 4 is 39.9 Å². The van der Waals surface area contributed by atoms with E-state index in [9.17, 15) is 9.59 Å². The van der Waals surface area contributed by atoms with Crippen LogP contribution in [0.5, 0.6) is 0 Å². The van der Waals surface area contributed by atoms with E-state index in [2.05, 4.69) is 22.5 Å². The van der Waals surface area contributed by atoms with Crippen molar-refractivity contribution in [1.29, 1.82) is 5.41 Å². The highest BCUT2D eigenvalue weighted by Crippen LogP contribution is 2.29. The van der Waals surface area contributed by atoms with Gasteiger partial charge in [0.25, 0.3) is 5.91 Å². The average Bonchev–Trinajstić information content (AvgIpc) is 3.25. The number of guanidine groups is 1. The molecule has 1 aliphatic heterocycles. The van der Waals surface area contributed by atoms with E-state index in [1.165, 1.54) is 18.3 Å². The molecule has 2 heterocycles. The van der Waals surface area contributed by atoms with Crippen molar-refractivity contribution in [3.05, 3.63) is 40.4 Å². The van der Waals surface area contributed by atoms with Gasteiger partial charge >= 0.3 is 0 Å². The van der Waals surface area contributed by atoms with Crippen molar-refractivity contribution in [1.82, 2.24) is 9.88 Å². The van der Waals surface area contributed by atoms with Gasteiger partial charge in [-0.3, -0.25) is 15.0 Å². The summed E-state index contributed by atoms with van der Waals surface area (Å²) in [5, 5.41) is 13.2. The first-order valence-corrected chi connectivity index (χ1v) is 10.4. The van der Waals surface area contributed by atoms with Gasteiger partial charge < -0.3 is 21.3 Å². The van der Waals surface area contributed by atoms with Gasteiger partial charge in [-0.25, -0.2) is 4.98 Å². The number of nitrogens with one attached hydrogen (secondary N) is 3. The Kier molecular flexibility index (Phi) is 6.48. The fourth-order valence-corrected chi connectivity index (χ4v) is 4.44. The third-order valence-electron chi connectivity index (χ3n) is 4.87. The molecule has 1 aromatic carbocycles. The molecule has 0 bridgehead atoms. The third-order valence-corrected chi connectivity index (χ3v) is 5.87. The maximum atomic E-state index is 13.1. The molecule has 0 saturated carbocycles. The maximum absolute atomic E-state index is 13.1. The number of hydrogen-bond acceptors (Lipinski definition) is 5. The van der Waals surface area contributed by atoms with Crippen LogP contribution in [0.4, 0.5) is 10.8 Å². The molecule has 5 N–H and O–H groups in total. The predicted octanol–water partition coefficient (Wildman–Crippen LogP) is 2.82. The van der Waals surface area contributed by atoms with Crippen LogP contribution in [0.2, 0.25) is 0 Å². The summed E-state index contributed by atoms with van der Waals surface area (Å²) in [6.07, 6.45) is 3.33. The minimum Gasteiger partial charge on any atom is -0.370 e. The Labute approximate surface area is 174 Å². The van der Waals surface area contributed by atoms with Crippen molar-refractivity contribution < 1.29 is 9.59 Å². The van der Waals surface area contributed by atoms with E-state index in [1.54, 1.807) is 0 Å². The molecule has 1 saturated heterocycles. The number of aromatic nitrogens is 1. The Morgan fingerprint density at radius 1 is 1.28 bits per heavy atom. The second-order valence-corrected chi connectivity index (χ2v) is 8.20. The number of aryl methyl sites for hydroxylation is 2. The zero-order valence-corrected chi connectivity index (χ0v) is 17.4. The lowest BCUT2D eigenvalue weighted by atomic mass is 10.1. The standard InChI is InChI=1S/C20H26N6O2S/c1-12-4-3-11-26(12)18(28)17-16(25-20(29-17)23-13(2)27)10-7-14-5-8-15(9-6-14)24-19(21)22/h5-6,8-9,12H,3-4,7,10-11H2,1-2H3,(H4,21,22,24)(H,23,25,27)/t12-/m1/s1. The molecular weight excluding hydrogens is 388 g/mol. The lowest BCUT2D eigenvalue weighted by molar-refractivity contribution is -0.114. The highest BCUT2D eigenvalue weighted by molar-refractivity contribution is 7.17. The lowest BCUT2D eigenvalue weighted by Gasteiger charge is -2.20. The second kappa shape index (κ2) is 9.04. The number of carbonyl (C=O) groups is 2. The molecule has 1 fully saturated rings. The van der Waals surface area contributed by atoms with Crippen molar-refractivity contribution in [2.45, 2.75) is 45.6 Å². The number of nitrogens with two attached hydrogens (primary N) is 1. The molecule has 0 spiro atoms. The van der Waals surface area contributed by atoms with Crippen LogP contribution in [0.1, 0.15) is 47.6 Å². The normalized spacial score (nSPS) is 15.9. The molecule has 2 aromatic rings. The van der Waals surface area contributed by atoms with Crippen LogP contribution in [-0.4, -0.2) is 40.2 Å². The summed E-state index contributed by atoms with van der Waals surface area (Å²) in [7, 11) is 0. The topological polar surface area (TPSA) is 124 Å². The van der Waals surface area contributed by atoms with Gasteiger partial charge in [-0.15, -0.1) is 0 Å². The average molecular weight is 415 g/mol. The highest BCUT2D eigenvalue weighted by atomic mass is 32.1. The number of amides is 2. The Morgan fingerprint density at radius 2 is 2.00 bits per heavy atom. The van der Waals surface area contributed by atoms with Gasteiger partial charge in [0.1, 0.15) is 4.88 Å². The van der Waals surface area contributed by atoms with Crippen molar-refractivity contribution in [3.8, 4) is 0 Å². The zero-order chi connectivity index (χ0) is 21.0. The van der Waals surface area contributed by atoms with E-state index in [1.807, 2.05) is 29.2 Å². The van der Waals surface area contributed by atoms with Crippen molar-refractivity contribution in [2.75, 3.05) is 17.2 Å². The Morgan fingerprint density at radius 3 is 2.59 bits per heavy atom. The highest BCUT2D eigenvalue weighted by Gasteiger charge is 2.29. The monoisotopic (exact) mass is 414 g/mol. The van der Waals surface area contributed by atoms with Gasteiger partial charge in [-0.2, -0.15) is 0 Å². The lowest BCUT2D eigenvalue weighted by Crippen LogP contribution is -2.33. The van der Waals surface area contributed by atoms with Crippen molar-refractivity contribution in [3.63, 3.8) is 0 Å². The van der Waals surface area contributed by atoms with Gasteiger partial charge in [0.05, 0.1) is 5.69 Å². The number of carbonyl (C=O) groups excluding carboxylic acids is 2. The summed E-state index contributed by atoms with van der Waals surface area (Å²) in [6.45, 7) is 4.26. The summed E-state index contributed by atoms with van der Waals surface area (Å²) in [5.41, 5.74) is 7.89. The largest absolute Gasteiger partial charge is 0.370 e. The SMILES string of the molecule is CC(=O)Nc1nc(CCc2ccc(NC(=N)N)cc2)c(C(=O)N2CCC[C@H]2C)s1. The maximum Gasteiger partial charge on any atom is 0.266 e. The number of thiazole rings is 1. The van der Waals surface area contributed by atoms with Crippen LogP contribution in [0.3, 0.4) is 0 Å². The third kappa shape index (κ3) is 5.32. The number of likely N-dealkylation sites (tertiary alicyclic amines) is 1. The van der Waals surface area contributed by atoms with Gasteiger partial charge in [-0.1, -0.05) is 23.5 Å². The number of anilines is 2. The van der Waals surface area contributed by atoms with Gasteiger partial charge in [0, 0.05) is 25.2 Å². The summed E-state index contributed by atoms with van der Waals surface area (Å²) < 4.78 is 0. The molecule has 0 unspecified atom stereocenters. The Bertz CT molecular complexity index is 908. The molecule has 8 nitrogen and oxygen atoms in total. The van der Waals surface area contributed by atoms with Crippen molar-refractivity contribution in [2.24, 2.45) is 5.73 Å². The van der Waals surface area contributed by atoms with Gasteiger partial charge in [-0.05, 0) is 50.3 Å². The van der Waals surface area contributed by atoms with Crippen LogP contribution in [0.15, 0.2) is 24.3 Å². The van der Waals surface area contributed by atoms with E-state index in [0.717, 1.165) is 30.6 Å². The van der Waals surface area contributed by atoms with E-state index in [-0.39, 0.29) is 23.8 Å². The molecule has 2 amide bonds. The Balaban J connectivity index is 1.76. The van der Waals surface area contributed by atoms with E-state index in [0.29, 0.717) is 28.5 Å². The molecule has 3 rings (SSSR count). The van der Waals surface area contributed by atoms with Crippen LogP contribution < -0.4 is 16.4 Å². The Hall–Kier alpha value is -2.94. The van der Waals surface area contributed by atoms with E-state index in [4.69, 9.17) is 11.1 Å². The molecule has 0 aliphatic carbocycles. The molecular formula is C20H26N6O2S. The summed E-state index contributed by atoms with van der Waals surface area (Å²) in [6, 6.07) is 7.85. The van der Waals surface area contributed by atoms with Gasteiger partial charge in [0.2, 0.25) is 5.91 Å². The molecule has 1 aromatic heterocycles. The summed E-state index contributed by atoms with van der Waals surface area (Å²) in [5.74, 6) is -0.308. The minimum atomic E-state index is -0.201. The van der Waals surface area contributed by atoms with E-state index < -0.39 is 0 Å². The molecule has 1 atom stereocenters. The smallest absolute Gasteiger partial charge is 0.266 e. The number of rotatable bonds is 6.